The molecule has 3 aromatic rings. The minimum Gasteiger partial charge on any atom is -0.490 e. The Balaban J connectivity index is 1.81. The molecule has 0 atom stereocenters. The lowest BCUT2D eigenvalue weighted by Crippen LogP contribution is -2.13. The summed E-state index contributed by atoms with van der Waals surface area (Å²) in [6.07, 6.45) is 0.399. The summed E-state index contributed by atoms with van der Waals surface area (Å²) in [7, 11) is 0. The van der Waals surface area contributed by atoms with E-state index in [1.54, 1.807) is 19.1 Å². The highest BCUT2D eigenvalue weighted by atomic mass is 19.1. The molecule has 3 aromatic carbocycles. The largest absolute Gasteiger partial charge is 0.490 e. The van der Waals surface area contributed by atoms with Gasteiger partial charge in [0.05, 0.1) is 0 Å². The zero-order chi connectivity index (χ0) is 23.1. The van der Waals surface area contributed by atoms with Crippen molar-refractivity contribution >= 4 is 5.97 Å². The molecule has 0 heterocycles. The Bertz CT molecular complexity index is 1100. The first-order chi connectivity index (χ1) is 15.4. The number of carbonyl (C=O) groups excluding carboxylic acids is 1. The molecule has 166 valence electrons. The van der Waals surface area contributed by atoms with Crippen molar-refractivity contribution in [2.75, 3.05) is 19.8 Å². The van der Waals surface area contributed by atoms with Crippen molar-refractivity contribution in [2.45, 2.75) is 20.3 Å². The van der Waals surface area contributed by atoms with E-state index in [2.05, 4.69) is 6.58 Å². The van der Waals surface area contributed by atoms with Crippen LogP contribution in [-0.2, 0) is 16.0 Å². The van der Waals surface area contributed by atoms with Crippen molar-refractivity contribution in [1.29, 1.82) is 0 Å². The number of aryl methyl sites for hydroxylation is 1. The molecule has 0 saturated heterocycles. The van der Waals surface area contributed by atoms with E-state index in [1.807, 2.05) is 49.4 Å². The van der Waals surface area contributed by atoms with E-state index >= 15 is 4.39 Å². The molecule has 0 amide bonds. The third-order valence-corrected chi connectivity index (χ3v) is 5.04. The predicted octanol–water partition coefficient (Wildman–Crippen LogP) is 5.50. The molecule has 0 aliphatic rings. The molecule has 0 saturated carbocycles. The maximum atomic E-state index is 15.0. The molecule has 32 heavy (non-hydrogen) atoms. The Hall–Kier alpha value is -3.44. The van der Waals surface area contributed by atoms with Crippen LogP contribution in [0.4, 0.5) is 4.39 Å². The highest BCUT2D eigenvalue weighted by Crippen LogP contribution is 2.32. The SMILES string of the molecule is C=C(C)C(=O)OCCOc1cc(-c2ccc(-c3ccc(C)cc3)cc2F)ccc1CCO. The fourth-order valence-corrected chi connectivity index (χ4v) is 3.27. The van der Waals surface area contributed by atoms with Crippen molar-refractivity contribution in [2.24, 2.45) is 0 Å². The van der Waals surface area contributed by atoms with Gasteiger partial charge in [-0.2, -0.15) is 0 Å². The zero-order valence-corrected chi connectivity index (χ0v) is 18.4. The van der Waals surface area contributed by atoms with Gasteiger partial charge in [-0.1, -0.05) is 60.7 Å². The molecule has 0 radical (unpaired) electrons. The van der Waals surface area contributed by atoms with Crippen LogP contribution in [-0.4, -0.2) is 30.9 Å². The maximum Gasteiger partial charge on any atom is 0.333 e. The number of hydrogen-bond donors (Lipinski definition) is 1. The fraction of sp³-hybridized carbons (Fsp3) is 0.222. The Morgan fingerprint density at radius 1 is 0.969 bits per heavy atom. The highest BCUT2D eigenvalue weighted by molar-refractivity contribution is 5.86. The van der Waals surface area contributed by atoms with Crippen molar-refractivity contribution < 1.29 is 23.8 Å². The van der Waals surface area contributed by atoms with Crippen molar-refractivity contribution in [3.05, 3.63) is 89.8 Å². The van der Waals surface area contributed by atoms with Crippen molar-refractivity contribution in [3.63, 3.8) is 0 Å². The number of rotatable bonds is 9. The van der Waals surface area contributed by atoms with Gasteiger partial charge in [0.2, 0.25) is 0 Å². The number of carbonyl (C=O) groups is 1. The number of benzene rings is 3. The van der Waals surface area contributed by atoms with Gasteiger partial charge in [0.25, 0.3) is 0 Å². The summed E-state index contributed by atoms with van der Waals surface area (Å²) in [6.45, 7) is 7.28. The third kappa shape index (κ3) is 5.83. The average molecular weight is 435 g/mol. The van der Waals surface area contributed by atoms with E-state index in [9.17, 15) is 9.90 Å². The summed E-state index contributed by atoms with van der Waals surface area (Å²) < 4.78 is 25.8. The molecular weight excluding hydrogens is 407 g/mol. The molecule has 0 spiro atoms. The van der Waals surface area contributed by atoms with Gasteiger partial charge in [0.15, 0.2) is 0 Å². The number of esters is 1. The summed E-state index contributed by atoms with van der Waals surface area (Å²) in [5, 5.41) is 9.34. The molecule has 3 rings (SSSR count). The quantitative estimate of drug-likeness (QED) is 0.274. The summed E-state index contributed by atoms with van der Waals surface area (Å²) in [5.41, 5.74) is 5.13. The van der Waals surface area contributed by atoms with Crippen LogP contribution in [0.25, 0.3) is 22.3 Å². The monoisotopic (exact) mass is 434 g/mol. The van der Waals surface area contributed by atoms with E-state index < -0.39 is 5.97 Å². The molecule has 0 aliphatic heterocycles. The van der Waals surface area contributed by atoms with Gasteiger partial charge in [0, 0.05) is 17.7 Å². The van der Waals surface area contributed by atoms with Gasteiger partial charge >= 0.3 is 5.97 Å². The number of aliphatic hydroxyl groups is 1. The first-order valence-electron chi connectivity index (χ1n) is 10.4. The second-order valence-corrected chi connectivity index (χ2v) is 7.62. The van der Waals surface area contributed by atoms with Gasteiger partial charge in [-0.25, -0.2) is 9.18 Å². The molecule has 0 unspecified atom stereocenters. The molecular formula is C27H27FO4. The minimum atomic E-state index is -0.478. The summed E-state index contributed by atoms with van der Waals surface area (Å²) >= 11 is 0. The van der Waals surface area contributed by atoms with Gasteiger partial charge in [-0.05, 0) is 54.7 Å². The Morgan fingerprint density at radius 2 is 1.66 bits per heavy atom. The number of ether oxygens (including phenoxy) is 2. The first kappa shape index (κ1) is 23.2. The van der Waals surface area contributed by atoms with Crippen molar-refractivity contribution in [1.82, 2.24) is 0 Å². The fourth-order valence-electron chi connectivity index (χ4n) is 3.27. The van der Waals surface area contributed by atoms with E-state index in [1.165, 1.54) is 6.07 Å². The van der Waals surface area contributed by atoms with Crippen LogP contribution in [0.15, 0.2) is 72.8 Å². The van der Waals surface area contributed by atoms with E-state index in [0.29, 0.717) is 28.9 Å². The predicted molar refractivity (Wildman–Crippen MR) is 124 cm³/mol. The standard InChI is InChI=1S/C27H27FO4/c1-18(2)27(30)32-15-14-31-26-17-23(9-8-21(26)12-13-29)24-11-10-22(16-25(24)28)20-6-4-19(3)5-7-20/h4-11,16-17,29H,1,12-15H2,2-3H3. The summed E-state index contributed by atoms with van der Waals surface area (Å²) in [5.74, 6) is -0.294. The van der Waals surface area contributed by atoms with Crippen LogP contribution in [0.3, 0.4) is 0 Å². The lowest BCUT2D eigenvalue weighted by molar-refractivity contribution is -0.139. The van der Waals surface area contributed by atoms with Crippen LogP contribution >= 0.6 is 0 Å². The van der Waals surface area contributed by atoms with Crippen LogP contribution in [0.5, 0.6) is 5.75 Å². The molecule has 0 aromatic heterocycles. The Kier molecular flexibility index (Phi) is 7.79. The normalized spacial score (nSPS) is 10.6. The topological polar surface area (TPSA) is 55.8 Å². The molecule has 1 N–H and O–H groups in total. The van der Waals surface area contributed by atoms with Crippen LogP contribution < -0.4 is 4.74 Å². The summed E-state index contributed by atoms with van der Waals surface area (Å²) in [6, 6.07) is 18.5. The lowest BCUT2D eigenvalue weighted by Gasteiger charge is -2.14. The van der Waals surface area contributed by atoms with E-state index in [0.717, 1.165) is 22.3 Å². The van der Waals surface area contributed by atoms with Crippen molar-refractivity contribution in [3.8, 4) is 28.0 Å². The van der Waals surface area contributed by atoms with Gasteiger partial charge in [-0.3, -0.25) is 0 Å². The molecule has 5 heteroatoms. The molecule has 4 nitrogen and oxygen atoms in total. The second-order valence-electron chi connectivity index (χ2n) is 7.62. The molecule has 0 aliphatic carbocycles. The Morgan fingerprint density at radius 3 is 2.31 bits per heavy atom. The number of halogens is 1. The van der Waals surface area contributed by atoms with Gasteiger partial charge in [0.1, 0.15) is 24.8 Å². The third-order valence-electron chi connectivity index (χ3n) is 5.04. The minimum absolute atomic E-state index is 0.0417. The number of hydrogen-bond acceptors (Lipinski definition) is 4. The Labute approximate surface area is 187 Å². The van der Waals surface area contributed by atoms with Crippen LogP contribution in [0.1, 0.15) is 18.1 Å². The second kappa shape index (κ2) is 10.7. The van der Waals surface area contributed by atoms with Gasteiger partial charge < -0.3 is 14.6 Å². The maximum absolute atomic E-state index is 15.0. The number of aliphatic hydroxyl groups excluding tert-OH is 1. The van der Waals surface area contributed by atoms with Gasteiger partial charge in [-0.15, -0.1) is 0 Å². The van der Waals surface area contributed by atoms with Crippen LogP contribution in [0, 0.1) is 12.7 Å². The van der Waals surface area contributed by atoms with Crippen LogP contribution in [0.2, 0.25) is 0 Å². The lowest BCUT2D eigenvalue weighted by atomic mass is 9.97. The molecule has 0 fully saturated rings. The van der Waals surface area contributed by atoms with E-state index in [-0.39, 0.29) is 25.6 Å². The zero-order valence-electron chi connectivity index (χ0n) is 18.4. The highest BCUT2D eigenvalue weighted by Gasteiger charge is 2.12. The van der Waals surface area contributed by atoms with E-state index in [4.69, 9.17) is 9.47 Å². The molecule has 0 bridgehead atoms. The average Bonchev–Trinajstić information content (AvgIpc) is 2.78. The summed E-state index contributed by atoms with van der Waals surface area (Å²) in [4.78, 5) is 11.5. The smallest absolute Gasteiger partial charge is 0.333 e. The first-order valence-corrected chi connectivity index (χ1v) is 10.4.